The Labute approximate surface area is 143 Å². The zero-order valence-corrected chi connectivity index (χ0v) is 15.1. The van der Waals surface area contributed by atoms with Crippen molar-refractivity contribution in [2.75, 3.05) is 13.7 Å². The quantitative estimate of drug-likeness (QED) is 0.563. The van der Waals surface area contributed by atoms with Crippen LogP contribution < -0.4 is 0 Å². The van der Waals surface area contributed by atoms with E-state index in [9.17, 15) is 9.59 Å². The van der Waals surface area contributed by atoms with Crippen LogP contribution in [-0.2, 0) is 20.8 Å². The van der Waals surface area contributed by atoms with Crippen molar-refractivity contribution in [2.45, 2.75) is 33.2 Å². The Balaban J connectivity index is 2.35. The van der Waals surface area contributed by atoms with E-state index in [0.29, 0.717) is 12.2 Å². The van der Waals surface area contributed by atoms with Crippen molar-refractivity contribution in [3.63, 3.8) is 0 Å². The molecule has 124 valence electrons. The summed E-state index contributed by atoms with van der Waals surface area (Å²) in [6.45, 7) is 4.53. The molecule has 2 aromatic rings. The molecule has 0 amide bonds. The number of methoxy groups -OCH3 is 1. The number of benzene rings is 1. The fourth-order valence-electron chi connectivity index (χ4n) is 2.40. The molecule has 0 unspecified atom stereocenters. The van der Waals surface area contributed by atoms with E-state index in [4.69, 9.17) is 9.47 Å². The van der Waals surface area contributed by atoms with Crippen LogP contribution in [0.2, 0.25) is 0 Å². The number of ether oxygens (including phenoxy) is 2. The molecule has 0 spiro atoms. The van der Waals surface area contributed by atoms with Gasteiger partial charge in [-0.05, 0) is 47.0 Å². The lowest BCUT2D eigenvalue weighted by Gasteiger charge is -2.08. The molecule has 0 aliphatic rings. The third-order valence-corrected chi connectivity index (χ3v) is 4.73. The van der Waals surface area contributed by atoms with E-state index in [-0.39, 0.29) is 12.5 Å². The molecule has 23 heavy (non-hydrogen) atoms. The molecule has 0 radical (unpaired) electrons. The number of halogens is 1. The smallest absolute Gasteiger partial charge is 0.337 e. The number of hydrogen-bond donors (Lipinski definition) is 0. The monoisotopic (exact) mass is 381 g/mol. The zero-order chi connectivity index (χ0) is 17.0. The molecule has 1 aromatic carbocycles. The summed E-state index contributed by atoms with van der Waals surface area (Å²) in [5.41, 5.74) is 2.26. The van der Waals surface area contributed by atoms with Gasteiger partial charge in [0.05, 0.1) is 29.4 Å². The highest BCUT2D eigenvalue weighted by Crippen LogP contribution is 2.30. The Bertz CT molecular complexity index is 736. The molecule has 0 fully saturated rings. The molecular formula is C17H20BrNO4. The first-order chi connectivity index (χ1) is 11.0. The highest BCUT2D eigenvalue weighted by molar-refractivity contribution is 9.10. The van der Waals surface area contributed by atoms with E-state index >= 15 is 0 Å². The van der Waals surface area contributed by atoms with Gasteiger partial charge < -0.3 is 14.0 Å². The summed E-state index contributed by atoms with van der Waals surface area (Å²) in [4.78, 5) is 23.7. The van der Waals surface area contributed by atoms with Crippen LogP contribution in [-0.4, -0.2) is 30.2 Å². The van der Waals surface area contributed by atoms with E-state index in [1.165, 1.54) is 7.11 Å². The molecule has 1 aromatic heterocycles. The van der Waals surface area contributed by atoms with Crippen molar-refractivity contribution in [3.8, 4) is 0 Å². The number of unbranched alkanes of at least 4 members (excludes halogenated alkanes) is 1. The number of hydrogen-bond acceptors (Lipinski definition) is 4. The summed E-state index contributed by atoms with van der Waals surface area (Å²) in [5.74, 6) is -0.696. The van der Waals surface area contributed by atoms with Crippen LogP contribution >= 0.6 is 15.9 Å². The molecule has 0 N–H and O–H groups in total. The molecule has 0 aliphatic carbocycles. The molecular weight excluding hydrogens is 362 g/mol. The van der Waals surface area contributed by atoms with Gasteiger partial charge in [-0.15, -0.1) is 0 Å². The number of carbonyl (C=O) groups excluding carboxylic acids is 2. The van der Waals surface area contributed by atoms with Crippen LogP contribution in [0.15, 0.2) is 22.8 Å². The Hall–Kier alpha value is -1.82. The molecule has 2 rings (SSSR count). The van der Waals surface area contributed by atoms with Gasteiger partial charge in [0.25, 0.3) is 0 Å². The summed E-state index contributed by atoms with van der Waals surface area (Å²) in [6, 6.07) is 5.32. The minimum absolute atomic E-state index is 0.0965. The summed E-state index contributed by atoms with van der Waals surface area (Å²) in [7, 11) is 1.35. The number of rotatable bonds is 6. The number of esters is 2. The second-order valence-corrected chi connectivity index (χ2v) is 6.05. The number of nitrogens with zero attached hydrogens (tertiary/aromatic N) is 1. The summed E-state index contributed by atoms with van der Waals surface area (Å²) >= 11 is 3.52. The van der Waals surface area contributed by atoms with Crippen molar-refractivity contribution in [2.24, 2.45) is 0 Å². The minimum atomic E-state index is -0.404. The van der Waals surface area contributed by atoms with Crippen molar-refractivity contribution >= 4 is 38.8 Å². The maximum absolute atomic E-state index is 12.0. The third kappa shape index (κ3) is 3.75. The Morgan fingerprint density at radius 2 is 2.04 bits per heavy atom. The topological polar surface area (TPSA) is 57.5 Å². The minimum Gasteiger partial charge on any atom is -0.465 e. The second-order valence-electron chi connectivity index (χ2n) is 5.30. The Kier molecular flexibility index (Phi) is 5.82. The summed E-state index contributed by atoms with van der Waals surface area (Å²) in [5, 5.41) is 0.978. The first-order valence-corrected chi connectivity index (χ1v) is 8.31. The number of fused-ring (bicyclic) bond motifs is 1. The Morgan fingerprint density at radius 3 is 2.70 bits per heavy atom. The van der Waals surface area contributed by atoms with E-state index in [2.05, 4.69) is 15.9 Å². The standard InChI is InChI=1S/C17H20BrNO4/c1-4-5-8-23-15(20)10-19-14-9-12(17(21)22-3)6-7-13(14)11(2)16(19)18/h6-7,9H,4-5,8,10H2,1-3H3. The maximum Gasteiger partial charge on any atom is 0.337 e. The molecule has 0 saturated heterocycles. The lowest BCUT2D eigenvalue weighted by molar-refractivity contribution is -0.144. The zero-order valence-electron chi connectivity index (χ0n) is 13.5. The van der Waals surface area contributed by atoms with Crippen LogP contribution in [0.4, 0.5) is 0 Å². The molecule has 1 heterocycles. The number of aromatic nitrogens is 1. The highest BCUT2D eigenvalue weighted by atomic mass is 79.9. The van der Waals surface area contributed by atoms with Gasteiger partial charge in [0.15, 0.2) is 0 Å². The summed E-state index contributed by atoms with van der Waals surface area (Å²) < 4.78 is 12.6. The normalized spacial score (nSPS) is 10.8. The van der Waals surface area contributed by atoms with E-state index < -0.39 is 5.97 Å². The molecule has 6 heteroatoms. The van der Waals surface area contributed by atoms with Crippen LogP contribution in [0.5, 0.6) is 0 Å². The first kappa shape index (κ1) is 17.5. The molecule has 0 atom stereocenters. The molecule has 0 saturated carbocycles. The fourth-order valence-corrected chi connectivity index (χ4v) is 2.93. The summed E-state index contributed by atoms with van der Waals surface area (Å²) in [6.07, 6.45) is 1.83. The van der Waals surface area contributed by atoms with Crippen LogP contribution in [0, 0.1) is 6.92 Å². The van der Waals surface area contributed by atoms with E-state index in [0.717, 1.165) is 33.9 Å². The van der Waals surface area contributed by atoms with Gasteiger partial charge in [-0.2, -0.15) is 0 Å². The Morgan fingerprint density at radius 1 is 1.30 bits per heavy atom. The lowest BCUT2D eigenvalue weighted by Crippen LogP contribution is -2.14. The van der Waals surface area contributed by atoms with Crippen molar-refractivity contribution in [1.29, 1.82) is 0 Å². The average Bonchev–Trinajstić information content (AvgIpc) is 2.79. The number of carbonyl (C=O) groups is 2. The average molecular weight is 382 g/mol. The third-order valence-electron chi connectivity index (χ3n) is 3.71. The maximum atomic E-state index is 12.0. The van der Waals surface area contributed by atoms with Gasteiger partial charge >= 0.3 is 11.9 Å². The van der Waals surface area contributed by atoms with Gasteiger partial charge in [0.1, 0.15) is 6.54 Å². The van der Waals surface area contributed by atoms with E-state index in [1.807, 2.05) is 24.5 Å². The highest BCUT2D eigenvalue weighted by Gasteiger charge is 2.17. The SMILES string of the molecule is CCCCOC(=O)Cn1c(Br)c(C)c2ccc(C(=O)OC)cc21. The second kappa shape index (κ2) is 7.64. The largest absolute Gasteiger partial charge is 0.465 e. The van der Waals surface area contributed by atoms with Crippen LogP contribution in [0.25, 0.3) is 10.9 Å². The van der Waals surface area contributed by atoms with Crippen LogP contribution in [0.1, 0.15) is 35.7 Å². The predicted molar refractivity (Wildman–Crippen MR) is 91.6 cm³/mol. The van der Waals surface area contributed by atoms with Gasteiger partial charge in [-0.3, -0.25) is 4.79 Å². The van der Waals surface area contributed by atoms with Crippen LogP contribution in [0.3, 0.4) is 0 Å². The van der Waals surface area contributed by atoms with E-state index in [1.54, 1.807) is 12.1 Å². The predicted octanol–water partition coefficient (Wildman–Crippen LogP) is 3.84. The molecule has 5 nitrogen and oxygen atoms in total. The molecule has 0 bridgehead atoms. The first-order valence-electron chi connectivity index (χ1n) is 7.51. The number of aryl methyl sites for hydroxylation is 1. The fraction of sp³-hybridized carbons (Fsp3) is 0.412. The van der Waals surface area contributed by atoms with Gasteiger partial charge in [-0.25, -0.2) is 4.79 Å². The van der Waals surface area contributed by atoms with Gasteiger partial charge in [-0.1, -0.05) is 19.4 Å². The van der Waals surface area contributed by atoms with Crippen molar-refractivity contribution < 1.29 is 19.1 Å². The van der Waals surface area contributed by atoms with Crippen molar-refractivity contribution in [3.05, 3.63) is 33.9 Å². The van der Waals surface area contributed by atoms with Gasteiger partial charge in [0, 0.05) is 5.39 Å². The van der Waals surface area contributed by atoms with Crippen molar-refractivity contribution in [1.82, 2.24) is 4.57 Å². The lowest BCUT2D eigenvalue weighted by atomic mass is 10.1. The van der Waals surface area contributed by atoms with Gasteiger partial charge in [0.2, 0.25) is 0 Å². The molecule has 0 aliphatic heterocycles.